The quantitative estimate of drug-likeness (QED) is 0.518. The molecule has 106 valence electrons. The van der Waals surface area contributed by atoms with Crippen LogP contribution in [0.15, 0.2) is 0 Å². The molecule has 0 bridgehead atoms. The van der Waals surface area contributed by atoms with Crippen LogP contribution < -0.4 is 5.32 Å². The van der Waals surface area contributed by atoms with Gasteiger partial charge in [-0.15, -0.1) is 0 Å². The summed E-state index contributed by atoms with van der Waals surface area (Å²) in [6, 6.07) is 0. The van der Waals surface area contributed by atoms with Crippen LogP contribution in [0.25, 0.3) is 0 Å². The molecular weight excluding hydrogens is 250 g/mol. The average molecular weight is 275 g/mol. The van der Waals surface area contributed by atoms with Gasteiger partial charge in [-0.05, 0) is 44.9 Å². The van der Waals surface area contributed by atoms with Crippen molar-refractivity contribution in [1.29, 1.82) is 0 Å². The average Bonchev–Trinajstić information content (AvgIpc) is 2.79. The van der Waals surface area contributed by atoms with Gasteiger partial charge in [-0.25, -0.2) is 0 Å². The van der Waals surface area contributed by atoms with Crippen molar-refractivity contribution in [3.63, 3.8) is 0 Å². The first-order valence-corrected chi connectivity index (χ1v) is 7.91. The highest BCUT2D eigenvalue weighted by Crippen LogP contribution is 2.39. The smallest absolute Gasteiger partial charge is 0.326 e. The molecular formula is C13H25NO3S. The molecule has 0 saturated heterocycles. The van der Waals surface area contributed by atoms with E-state index in [0.717, 1.165) is 37.2 Å². The Balaban J connectivity index is 2.56. The number of esters is 1. The number of aliphatic hydroxyl groups is 1. The maximum absolute atomic E-state index is 12.2. The van der Waals surface area contributed by atoms with E-state index in [1.54, 1.807) is 11.8 Å². The zero-order chi connectivity index (χ0) is 13.4. The number of ether oxygens (including phenoxy) is 1. The molecule has 2 atom stereocenters. The van der Waals surface area contributed by atoms with Gasteiger partial charge >= 0.3 is 5.97 Å². The molecule has 0 amide bonds. The first kappa shape index (κ1) is 15.8. The Morgan fingerprint density at radius 1 is 1.56 bits per heavy atom. The van der Waals surface area contributed by atoms with Gasteiger partial charge in [0.25, 0.3) is 0 Å². The number of aliphatic hydroxyl groups excluding tert-OH is 1. The van der Waals surface area contributed by atoms with E-state index in [0.29, 0.717) is 12.5 Å². The van der Waals surface area contributed by atoms with Gasteiger partial charge in [0.2, 0.25) is 0 Å². The number of carbonyl (C=O) groups excluding carboxylic acids is 1. The molecule has 1 aliphatic rings. The van der Waals surface area contributed by atoms with Crippen LogP contribution in [0.4, 0.5) is 0 Å². The Kier molecular flexibility index (Phi) is 7.04. The number of rotatable bonds is 8. The monoisotopic (exact) mass is 275 g/mol. The Morgan fingerprint density at radius 2 is 2.33 bits per heavy atom. The molecule has 1 saturated carbocycles. The van der Waals surface area contributed by atoms with Crippen molar-refractivity contribution in [2.45, 2.75) is 38.1 Å². The molecule has 1 fully saturated rings. The van der Waals surface area contributed by atoms with Crippen LogP contribution in [0.2, 0.25) is 0 Å². The lowest BCUT2D eigenvalue weighted by molar-refractivity contribution is -0.152. The van der Waals surface area contributed by atoms with Crippen LogP contribution >= 0.6 is 11.8 Å². The third-order valence-corrected chi connectivity index (χ3v) is 4.75. The third kappa shape index (κ3) is 3.62. The van der Waals surface area contributed by atoms with Gasteiger partial charge in [0.15, 0.2) is 0 Å². The maximum atomic E-state index is 12.2. The van der Waals surface area contributed by atoms with Crippen molar-refractivity contribution < 1.29 is 14.6 Å². The second kappa shape index (κ2) is 8.02. The predicted octanol–water partition coefficient (Wildman–Crippen LogP) is 1.42. The van der Waals surface area contributed by atoms with Crippen molar-refractivity contribution in [3.8, 4) is 0 Å². The van der Waals surface area contributed by atoms with E-state index in [1.165, 1.54) is 0 Å². The number of hydrogen-bond donors (Lipinski definition) is 2. The molecule has 1 aliphatic carbocycles. The van der Waals surface area contributed by atoms with Crippen LogP contribution in [-0.2, 0) is 9.53 Å². The molecule has 0 aromatic carbocycles. The lowest BCUT2D eigenvalue weighted by atomic mass is 9.85. The standard InChI is InChI=1S/C13H25NO3S/c1-3-17-12(16)13(14-2)7-4-5-11(13)6-9-18-10-8-15/h11,14-15H,3-10H2,1-2H3. The Labute approximate surface area is 114 Å². The number of nitrogens with one attached hydrogen (secondary N) is 1. The predicted molar refractivity (Wildman–Crippen MR) is 74.8 cm³/mol. The SMILES string of the molecule is CCOC(=O)C1(NC)CCCC1CCSCCO. The molecule has 2 unspecified atom stereocenters. The molecule has 0 aromatic heterocycles. The van der Waals surface area contributed by atoms with Crippen molar-refractivity contribution >= 4 is 17.7 Å². The summed E-state index contributed by atoms with van der Waals surface area (Å²) in [4.78, 5) is 12.2. The van der Waals surface area contributed by atoms with Crippen molar-refractivity contribution in [2.24, 2.45) is 5.92 Å². The number of carbonyl (C=O) groups is 1. The van der Waals surface area contributed by atoms with Gasteiger partial charge in [-0.1, -0.05) is 6.42 Å². The second-order valence-electron chi connectivity index (χ2n) is 4.66. The van der Waals surface area contributed by atoms with Crippen LogP contribution in [0.1, 0.15) is 32.6 Å². The fraction of sp³-hybridized carbons (Fsp3) is 0.923. The zero-order valence-corrected chi connectivity index (χ0v) is 12.2. The van der Waals surface area contributed by atoms with E-state index >= 15 is 0 Å². The minimum atomic E-state index is -0.476. The van der Waals surface area contributed by atoms with Crippen LogP contribution in [0, 0.1) is 5.92 Å². The Hall–Kier alpha value is -0.260. The highest BCUT2D eigenvalue weighted by atomic mass is 32.2. The zero-order valence-electron chi connectivity index (χ0n) is 11.4. The van der Waals surface area contributed by atoms with E-state index in [1.807, 2.05) is 14.0 Å². The first-order chi connectivity index (χ1) is 8.71. The fourth-order valence-corrected chi connectivity index (χ4v) is 3.60. The third-order valence-electron chi connectivity index (χ3n) is 3.75. The fourth-order valence-electron chi connectivity index (χ4n) is 2.82. The van der Waals surface area contributed by atoms with E-state index in [2.05, 4.69) is 5.32 Å². The summed E-state index contributed by atoms with van der Waals surface area (Å²) in [5.74, 6) is 2.03. The molecule has 2 N–H and O–H groups in total. The Bertz CT molecular complexity index is 263. The van der Waals surface area contributed by atoms with E-state index in [-0.39, 0.29) is 12.6 Å². The summed E-state index contributed by atoms with van der Waals surface area (Å²) in [7, 11) is 1.86. The number of likely N-dealkylation sites (N-methyl/N-ethyl adjacent to an activating group) is 1. The highest BCUT2D eigenvalue weighted by Gasteiger charge is 2.48. The highest BCUT2D eigenvalue weighted by molar-refractivity contribution is 7.99. The lowest BCUT2D eigenvalue weighted by Gasteiger charge is -2.32. The summed E-state index contributed by atoms with van der Waals surface area (Å²) in [5, 5.41) is 12.0. The number of hydrogen-bond acceptors (Lipinski definition) is 5. The van der Waals surface area contributed by atoms with Gasteiger partial charge in [-0.2, -0.15) is 11.8 Å². The molecule has 0 aliphatic heterocycles. The first-order valence-electron chi connectivity index (χ1n) is 6.76. The van der Waals surface area contributed by atoms with Crippen LogP contribution in [-0.4, -0.2) is 48.4 Å². The molecule has 5 heteroatoms. The Morgan fingerprint density at radius 3 is 2.94 bits per heavy atom. The summed E-state index contributed by atoms with van der Waals surface area (Å²) in [6.45, 7) is 2.51. The summed E-state index contributed by atoms with van der Waals surface area (Å²) in [6.07, 6.45) is 4.04. The summed E-state index contributed by atoms with van der Waals surface area (Å²) in [5.41, 5.74) is -0.476. The van der Waals surface area contributed by atoms with Gasteiger partial charge in [0.05, 0.1) is 13.2 Å². The minimum Gasteiger partial charge on any atom is -0.465 e. The van der Waals surface area contributed by atoms with Gasteiger partial charge in [0.1, 0.15) is 5.54 Å². The largest absolute Gasteiger partial charge is 0.465 e. The van der Waals surface area contributed by atoms with Crippen molar-refractivity contribution in [1.82, 2.24) is 5.32 Å². The van der Waals surface area contributed by atoms with Crippen LogP contribution in [0.3, 0.4) is 0 Å². The molecule has 0 radical (unpaired) electrons. The molecule has 18 heavy (non-hydrogen) atoms. The summed E-state index contributed by atoms with van der Waals surface area (Å²) >= 11 is 1.75. The van der Waals surface area contributed by atoms with Gasteiger partial charge in [-0.3, -0.25) is 4.79 Å². The molecule has 4 nitrogen and oxygen atoms in total. The topological polar surface area (TPSA) is 58.6 Å². The molecule has 0 spiro atoms. The molecule has 0 heterocycles. The van der Waals surface area contributed by atoms with Crippen LogP contribution in [0.5, 0.6) is 0 Å². The number of thioether (sulfide) groups is 1. The lowest BCUT2D eigenvalue weighted by Crippen LogP contribution is -2.54. The van der Waals surface area contributed by atoms with Gasteiger partial charge < -0.3 is 15.2 Å². The second-order valence-corrected chi connectivity index (χ2v) is 5.88. The maximum Gasteiger partial charge on any atom is 0.326 e. The van der Waals surface area contributed by atoms with E-state index in [4.69, 9.17) is 9.84 Å². The van der Waals surface area contributed by atoms with Gasteiger partial charge in [0, 0.05) is 5.75 Å². The van der Waals surface area contributed by atoms with E-state index < -0.39 is 5.54 Å². The summed E-state index contributed by atoms with van der Waals surface area (Å²) < 4.78 is 5.23. The van der Waals surface area contributed by atoms with Crippen molar-refractivity contribution in [2.75, 3.05) is 31.8 Å². The van der Waals surface area contributed by atoms with Crippen molar-refractivity contribution in [3.05, 3.63) is 0 Å². The minimum absolute atomic E-state index is 0.0952. The molecule has 0 aromatic rings. The molecule has 1 rings (SSSR count). The van der Waals surface area contributed by atoms with E-state index in [9.17, 15) is 4.79 Å². The normalized spacial score (nSPS) is 27.4.